The molecule has 1 saturated heterocycles. The molecule has 1 aliphatic carbocycles. The normalized spacial score (nSPS) is 35.1. The number of hydrogen-bond acceptors (Lipinski definition) is 1. The molecule has 1 aromatic carbocycles. The molecule has 0 aromatic heterocycles. The zero-order chi connectivity index (χ0) is 9.60. The molecule has 1 heteroatoms. The Bertz CT molecular complexity index is 331. The Morgan fingerprint density at radius 1 is 1.29 bits per heavy atom. The van der Waals surface area contributed by atoms with Gasteiger partial charge in [-0.1, -0.05) is 29.8 Å². The fraction of sp³-hybridized carbons (Fsp3) is 0.538. The highest BCUT2D eigenvalue weighted by atomic mass is 16.5. The van der Waals surface area contributed by atoms with Crippen molar-refractivity contribution in [2.75, 3.05) is 6.61 Å². The molecule has 1 aromatic rings. The molecule has 2 unspecified atom stereocenters. The Hall–Kier alpha value is -0.820. The van der Waals surface area contributed by atoms with Crippen molar-refractivity contribution in [3.63, 3.8) is 0 Å². The molecule has 0 N–H and O–H groups in total. The molecule has 2 atom stereocenters. The van der Waals surface area contributed by atoms with Crippen molar-refractivity contribution in [2.45, 2.75) is 37.7 Å². The van der Waals surface area contributed by atoms with Crippen LogP contribution in [0, 0.1) is 6.92 Å². The van der Waals surface area contributed by atoms with Crippen LogP contribution in [0.3, 0.4) is 0 Å². The number of rotatable bonds is 1. The minimum Gasteiger partial charge on any atom is -0.377 e. The summed E-state index contributed by atoms with van der Waals surface area (Å²) >= 11 is 0. The summed E-state index contributed by atoms with van der Waals surface area (Å²) in [7, 11) is 0. The molecule has 2 fully saturated rings. The Balaban J connectivity index is 1.98. The third kappa shape index (κ3) is 1.12. The summed E-state index contributed by atoms with van der Waals surface area (Å²) in [6, 6.07) is 9.00. The quantitative estimate of drug-likeness (QED) is 0.658. The highest BCUT2D eigenvalue weighted by Crippen LogP contribution is 2.47. The third-order valence-electron chi connectivity index (χ3n) is 3.82. The van der Waals surface area contributed by atoms with E-state index in [1.165, 1.54) is 30.4 Å². The van der Waals surface area contributed by atoms with Crippen molar-refractivity contribution in [1.29, 1.82) is 0 Å². The molecular weight excluding hydrogens is 172 g/mol. The molecule has 74 valence electrons. The van der Waals surface area contributed by atoms with Crippen LogP contribution >= 0.6 is 0 Å². The lowest BCUT2D eigenvalue weighted by Gasteiger charge is -2.26. The predicted molar refractivity (Wildman–Crippen MR) is 56.4 cm³/mol. The first-order valence-electron chi connectivity index (χ1n) is 5.47. The minimum atomic E-state index is 0.373. The Morgan fingerprint density at radius 2 is 2.07 bits per heavy atom. The maximum absolute atomic E-state index is 5.74. The van der Waals surface area contributed by atoms with Crippen LogP contribution in [0.2, 0.25) is 0 Å². The monoisotopic (exact) mass is 188 g/mol. The van der Waals surface area contributed by atoms with Crippen LogP contribution in [0.4, 0.5) is 0 Å². The molecule has 2 aliphatic rings. The summed E-state index contributed by atoms with van der Waals surface area (Å²) in [5.74, 6) is 0. The lowest BCUT2D eigenvalue weighted by Crippen LogP contribution is -2.25. The fourth-order valence-corrected chi connectivity index (χ4v) is 2.88. The van der Waals surface area contributed by atoms with E-state index in [0.717, 1.165) is 6.61 Å². The molecule has 0 amide bonds. The van der Waals surface area contributed by atoms with Crippen molar-refractivity contribution in [2.24, 2.45) is 0 Å². The number of benzene rings is 1. The van der Waals surface area contributed by atoms with Gasteiger partial charge in [0.25, 0.3) is 0 Å². The molecule has 0 spiro atoms. The summed E-state index contributed by atoms with van der Waals surface area (Å²) in [5, 5.41) is 0. The van der Waals surface area contributed by atoms with Gasteiger partial charge in [-0.05, 0) is 31.7 Å². The highest BCUT2D eigenvalue weighted by molar-refractivity contribution is 5.31. The van der Waals surface area contributed by atoms with Gasteiger partial charge in [-0.3, -0.25) is 0 Å². The van der Waals surface area contributed by atoms with Crippen LogP contribution in [0.5, 0.6) is 0 Å². The lowest BCUT2D eigenvalue weighted by atomic mass is 9.80. The minimum absolute atomic E-state index is 0.373. The molecule has 14 heavy (non-hydrogen) atoms. The summed E-state index contributed by atoms with van der Waals surface area (Å²) < 4.78 is 5.74. The van der Waals surface area contributed by atoms with Crippen LogP contribution in [0.25, 0.3) is 0 Å². The van der Waals surface area contributed by atoms with E-state index >= 15 is 0 Å². The molecule has 0 radical (unpaired) electrons. The number of fused-ring (bicyclic) bond motifs is 2. The topological polar surface area (TPSA) is 9.23 Å². The second kappa shape index (κ2) is 2.83. The van der Waals surface area contributed by atoms with E-state index in [0.29, 0.717) is 11.5 Å². The fourth-order valence-electron chi connectivity index (χ4n) is 2.88. The van der Waals surface area contributed by atoms with Gasteiger partial charge < -0.3 is 4.74 Å². The van der Waals surface area contributed by atoms with Crippen LogP contribution in [-0.4, -0.2) is 12.7 Å². The molecule has 1 aliphatic heterocycles. The summed E-state index contributed by atoms with van der Waals surface area (Å²) in [6.07, 6.45) is 4.38. The van der Waals surface area contributed by atoms with Gasteiger partial charge in [0.2, 0.25) is 0 Å². The largest absolute Gasteiger partial charge is 0.377 e. The Labute approximate surface area is 85.1 Å². The van der Waals surface area contributed by atoms with Crippen molar-refractivity contribution in [1.82, 2.24) is 0 Å². The molecule has 3 rings (SSSR count). The van der Waals surface area contributed by atoms with E-state index in [4.69, 9.17) is 4.74 Å². The van der Waals surface area contributed by atoms with Crippen molar-refractivity contribution >= 4 is 0 Å². The highest BCUT2D eigenvalue weighted by Gasteiger charge is 2.46. The van der Waals surface area contributed by atoms with Gasteiger partial charge in [-0.2, -0.15) is 0 Å². The maximum Gasteiger partial charge on any atom is 0.0585 e. The standard InChI is InChI=1S/C13H16O/c1-10-2-4-11(5-3-10)13-7-6-12(8-13)14-9-13/h2-5,12H,6-9H2,1H3. The molecule has 1 heterocycles. The first-order chi connectivity index (χ1) is 6.78. The van der Waals surface area contributed by atoms with Gasteiger partial charge in [-0.25, -0.2) is 0 Å². The van der Waals surface area contributed by atoms with E-state index in [9.17, 15) is 0 Å². The molecule has 2 bridgehead atoms. The zero-order valence-corrected chi connectivity index (χ0v) is 8.62. The van der Waals surface area contributed by atoms with Gasteiger partial charge in [0.15, 0.2) is 0 Å². The van der Waals surface area contributed by atoms with Crippen LogP contribution in [0.15, 0.2) is 24.3 Å². The Kier molecular flexibility index (Phi) is 1.72. The first-order valence-corrected chi connectivity index (χ1v) is 5.47. The van der Waals surface area contributed by atoms with Gasteiger partial charge in [-0.15, -0.1) is 0 Å². The number of aryl methyl sites for hydroxylation is 1. The molecule has 1 nitrogen and oxygen atoms in total. The smallest absolute Gasteiger partial charge is 0.0585 e. The lowest BCUT2D eigenvalue weighted by molar-refractivity contribution is 0.0698. The summed E-state index contributed by atoms with van der Waals surface area (Å²) in [6.45, 7) is 3.09. The maximum atomic E-state index is 5.74. The van der Waals surface area contributed by atoms with Crippen LogP contribution in [-0.2, 0) is 10.2 Å². The zero-order valence-electron chi connectivity index (χ0n) is 8.62. The van der Waals surface area contributed by atoms with Gasteiger partial charge in [0.1, 0.15) is 0 Å². The Morgan fingerprint density at radius 3 is 2.57 bits per heavy atom. The average molecular weight is 188 g/mol. The molecule has 1 saturated carbocycles. The van der Waals surface area contributed by atoms with Crippen LogP contribution < -0.4 is 0 Å². The number of ether oxygens (including phenoxy) is 1. The summed E-state index contributed by atoms with van der Waals surface area (Å²) in [4.78, 5) is 0. The van der Waals surface area contributed by atoms with Crippen molar-refractivity contribution in [3.8, 4) is 0 Å². The van der Waals surface area contributed by atoms with E-state index in [2.05, 4.69) is 31.2 Å². The SMILES string of the molecule is Cc1ccc(C23CCC(C2)OC3)cc1. The molecular formula is C13H16O. The second-order valence-electron chi connectivity index (χ2n) is 4.82. The van der Waals surface area contributed by atoms with Gasteiger partial charge in [0.05, 0.1) is 12.7 Å². The van der Waals surface area contributed by atoms with Crippen LogP contribution in [0.1, 0.15) is 30.4 Å². The average Bonchev–Trinajstić information content (AvgIpc) is 2.79. The van der Waals surface area contributed by atoms with E-state index in [1.807, 2.05) is 0 Å². The third-order valence-corrected chi connectivity index (χ3v) is 3.82. The summed E-state index contributed by atoms with van der Waals surface area (Å²) in [5.41, 5.74) is 3.21. The number of hydrogen-bond donors (Lipinski definition) is 0. The van der Waals surface area contributed by atoms with Gasteiger partial charge >= 0.3 is 0 Å². The first kappa shape index (κ1) is 8.49. The van der Waals surface area contributed by atoms with Crippen molar-refractivity contribution < 1.29 is 4.74 Å². The van der Waals surface area contributed by atoms with Crippen molar-refractivity contribution in [3.05, 3.63) is 35.4 Å². The van der Waals surface area contributed by atoms with Gasteiger partial charge in [0, 0.05) is 5.41 Å². The van der Waals surface area contributed by atoms with E-state index < -0.39 is 0 Å². The van der Waals surface area contributed by atoms with E-state index in [-0.39, 0.29) is 0 Å². The second-order valence-corrected chi connectivity index (χ2v) is 4.82. The van der Waals surface area contributed by atoms with E-state index in [1.54, 1.807) is 0 Å². The predicted octanol–water partition coefficient (Wildman–Crippen LogP) is 2.82.